The predicted molar refractivity (Wildman–Crippen MR) is 129 cm³/mol. The second-order valence-electron chi connectivity index (χ2n) is 8.11. The van der Waals surface area contributed by atoms with Gasteiger partial charge in [-0.15, -0.1) is 0 Å². The van der Waals surface area contributed by atoms with Gasteiger partial charge in [0.15, 0.2) is 11.5 Å². The lowest BCUT2D eigenvalue weighted by Gasteiger charge is -2.24. The first-order chi connectivity index (χ1) is 15.5. The molecule has 1 aliphatic rings. The van der Waals surface area contributed by atoms with Crippen LogP contribution in [0.25, 0.3) is 22.3 Å². The average Bonchev–Trinajstić information content (AvgIpc) is 2.84. The van der Waals surface area contributed by atoms with Crippen molar-refractivity contribution in [3.63, 3.8) is 0 Å². The minimum absolute atomic E-state index is 0.477. The van der Waals surface area contributed by atoms with E-state index in [0.29, 0.717) is 23.2 Å². The topological polar surface area (TPSA) is 43.8 Å². The molecule has 0 saturated carbocycles. The van der Waals surface area contributed by atoms with Gasteiger partial charge in [0.2, 0.25) is 5.75 Å². The molecule has 4 rings (SSSR count). The van der Waals surface area contributed by atoms with Crippen LogP contribution in [-0.2, 0) is 0 Å². The van der Waals surface area contributed by atoms with Gasteiger partial charge >= 0.3 is 0 Å². The highest BCUT2D eigenvalue weighted by Crippen LogP contribution is 2.42. The van der Waals surface area contributed by atoms with Crippen molar-refractivity contribution in [1.82, 2.24) is 9.88 Å². The third-order valence-electron chi connectivity index (χ3n) is 6.21. The van der Waals surface area contributed by atoms with Crippen LogP contribution in [0, 0.1) is 6.92 Å². The fourth-order valence-electron chi connectivity index (χ4n) is 4.30. The number of ether oxygens (including phenoxy) is 3. The molecule has 3 aromatic rings. The molecular formula is C27H30N2O3. The quantitative estimate of drug-likeness (QED) is 0.503. The van der Waals surface area contributed by atoms with Gasteiger partial charge in [-0.1, -0.05) is 30.3 Å². The van der Waals surface area contributed by atoms with E-state index in [0.717, 1.165) is 40.8 Å². The summed E-state index contributed by atoms with van der Waals surface area (Å²) in [5.41, 5.74) is 6.78. The first-order valence-electron chi connectivity index (χ1n) is 10.8. The lowest BCUT2D eigenvalue weighted by molar-refractivity contribution is 0.324. The maximum atomic E-state index is 5.54. The normalized spacial score (nSPS) is 15.5. The van der Waals surface area contributed by atoms with E-state index in [9.17, 15) is 0 Å². The highest BCUT2D eigenvalue weighted by atomic mass is 16.5. The molecule has 0 radical (unpaired) electrons. The molecule has 5 heteroatoms. The molecular weight excluding hydrogens is 400 g/mol. The molecule has 0 spiro atoms. The summed E-state index contributed by atoms with van der Waals surface area (Å²) in [6, 6.07) is 12.8. The Kier molecular flexibility index (Phi) is 6.35. The van der Waals surface area contributed by atoms with Gasteiger partial charge in [-0.05, 0) is 53.9 Å². The van der Waals surface area contributed by atoms with Gasteiger partial charge in [0.05, 0.1) is 21.3 Å². The molecule has 0 bridgehead atoms. The zero-order valence-electron chi connectivity index (χ0n) is 19.4. The van der Waals surface area contributed by atoms with Crippen LogP contribution in [0.1, 0.15) is 23.5 Å². The minimum Gasteiger partial charge on any atom is -0.493 e. The number of allylic oxidation sites excluding steroid dienone is 1. The van der Waals surface area contributed by atoms with E-state index in [1.807, 2.05) is 24.5 Å². The maximum Gasteiger partial charge on any atom is 0.203 e. The highest BCUT2D eigenvalue weighted by Gasteiger charge is 2.17. The van der Waals surface area contributed by atoms with Crippen LogP contribution in [0.15, 0.2) is 61.1 Å². The summed E-state index contributed by atoms with van der Waals surface area (Å²) in [5.74, 6) is 2.31. The summed E-state index contributed by atoms with van der Waals surface area (Å²) in [6.45, 7) is 3.21. The molecule has 1 aliphatic heterocycles. The summed E-state index contributed by atoms with van der Waals surface area (Å²) in [4.78, 5) is 6.77. The van der Waals surface area contributed by atoms with Gasteiger partial charge in [0, 0.05) is 43.0 Å². The molecule has 1 atom stereocenters. The van der Waals surface area contributed by atoms with Crippen LogP contribution in [0.5, 0.6) is 17.2 Å². The van der Waals surface area contributed by atoms with Crippen molar-refractivity contribution in [3.8, 4) is 39.5 Å². The second kappa shape index (κ2) is 9.35. The monoisotopic (exact) mass is 430 g/mol. The molecule has 0 saturated heterocycles. The largest absolute Gasteiger partial charge is 0.493 e. The van der Waals surface area contributed by atoms with Crippen LogP contribution in [0.2, 0.25) is 0 Å². The lowest BCUT2D eigenvalue weighted by atomic mass is 9.90. The van der Waals surface area contributed by atoms with Crippen molar-refractivity contribution < 1.29 is 14.2 Å². The first-order valence-corrected chi connectivity index (χ1v) is 10.8. The van der Waals surface area contributed by atoms with Gasteiger partial charge in [-0.25, -0.2) is 0 Å². The lowest BCUT2D eigenvalue weighted by Crippen LogP contribution is -2.19. The van der Waals surface area contributed by atoms with Gasteiger partial charge in [0.1, 0.15) is 0 Å². The number of rotatable bonds is 6. The average molecular weight is 431 g/mol. The highest BCUT2D eigenvalue weighted by molar-refractivity contribution is 5.79. The van der Waals surface area contributed by atoms with E-state index in [-0.39, 0.29) is 0 Å². The number of pyridine rings is 1. The Bertz CT molecular complexity index is 1100. The van der Waals surface area contributed by atoms with Crippen molar-refractivity contribution in [1.29, 1.82) is 0 Å². The van der Waals surface area contributed by atoms with Crippen molar-refractivity contribution >= 4 is 0 Å². The molecule has 2 heterocycles. The Morgan fingerprint density at radius 1 is 0.875 bits per heavy atom. The van der Waals surface area contributed by atoms with E-state index in [4.69, 9.17) is 14.2 Å². The molecule has 166 valence electrons. The number of hydrogen-bond acceptors (Lipinski definition) is 5. The Labute approximate surface area is 190 Å². The van der Waals surface area contributed by atoms with E-state index >= 15 is 0 Å². The molecule has 1 aromatic heterocycles. The molecule has 0 amide bonds. The Morgan fingerprint density at radius 2 is 1.50 bits per heavy atom. The summed E-state index contributed by atoms with van der Waals surface area (Å²) < 4.78 is 16.5. The van der Waals surface area contributed by atoms with Gasteiger partial charge < -0.3 is 19.1 Å². The smallest absolute Gasteiger partial charge is 0.203 e. The molecule has 0 unspecified atom stereocenters. The molecule has 2 aromatic carbocycles. The van der Waals surface area contributed by atoms with Crippen LogP contribution >= 0.6 is 0 Å². The van der Waals surface area contributed by atoms with Gasteiger partial charge in [-0.2, -0.15) is 0 Å². The standard InChI is InChI=1S/C27H30N2O3/c1-18-23(21-8-6-19(7-9-21)20-10-12-29(2)13-11-20)16-28-17-24(18)22-14-25(30-3)27(32-5)26(15-22)31-4/h6-10,12,14-17,20H,11,13H2,1-5H3/t20-/m0/s1. The third-order valence-corrected chi connectivity index (χ3v) is 6.21. The Balaban J connectivity index is 1.70. The second-order valence-corrected chi connectivity index (χ2v) is 8.11. The van der Waals surface area contributed by atoms with Gasteiger partial charge in [0.25, 0.3) is 0 Å². The zero-order valence-corrected chi connectivity index (χ0v) is 19.4. The predicted octanol–water partition coefficient (Wildman–Crippen LogP) is 5.68. The molecule has 5 nitrogen and oxygen atoms in total. The fourth-order valence-corrected chi connectivity index (χ4v) is 4.30. The van der Waals surface area contributed by atoms with E-state index in [2.05, 4.69) is 60.4 Å². The Hall–Kier alpha value is -3.47. The van der Waals surface area contributed by atoms with Gasteiger partial charge in [-0.3, -0.25) is 4.98 Å². The Morgan fingerprint density at radius 3 is 2.03 bits per heavy atom. The van der Waals surface area contributed by atoms with Crippen LogP contribution in [0.3, 0.4) is 0 Å². The molecule has 32 heavy (non-hydrogen) atoms. The van der Waals surface area contributed by atoms with Crippen LogP contribution in [0.4, 0.5) is 0 Å². The van der Waals surface area contributed by atoms with Crippen molar-refractivity contribution in [2.75, 3.05) is 34.9 Å². The van der Waals surface area contributed by atoms with Crippen LogP contribution in [-0.4, -0.2) is 44.8 Å². The van der Waals surface area contributed by atoms with Crippen molar-refractivity contribution in [3.05, 3.63) is 72.2 Å². The van der Waals surface area contributed by atoms with E-state index < -0.39 is 0 Å². The van der Waals surface area contributed by atoms with Crippen molar-refractivity contribution in [2.24, 2.45) is 0 Å². The summed E-state index contributed by atoms with van der Waals surface area (Å²) in [6.07, 6.45) is 9.43. The minimum atomic E-state index is 0.477. The summed E-state index contributed by atoms with van der Waals surface area (Å²) in [7, 11) is 6.98. The number of aromatic nitrogens is 1. The maximum absolute atomic E-state index is 5.54. The van der Waals surface area contributed by atoms with Crippen LogP contribution < -0.4 is 14.2 Å². The molecule has 0 aliphatic carbocycles. The number of methoxy groups -OCH3 is 3. The van der Waals surface area contributed by atoms with E-state index in [1.54, 1.807) is 21.3 Å². The zero-order chi connectivity index (χ0) is 22.7. The van der Waals surface area contributed by atoms with E-state index in [1.165, 1.54) is 5.56 Å². The fraction of sp³-hybridized carbons (Fsp3) is 0.296. The van der Waals surface area contributed by atoms with Crippen molar-refractivity contribution in [2.45, 2.75) is 19.3 Å². The molecule has 0 N–H and O–H groups in total. The number of hydrogen-bond donors (Lipinski definition) is 0. The molecule has 0 fully saturated rings. The third kappa shape index (κ3) is 4.15. The summed E-state index contributed by atoms with van der Waals surface area (Å²) in [5, 5.41) is 0. The first kappa shape index (κ1) is 21.8. The number of benzene rings is 2. The SMILES string of the molecule is COc1cc(-c2cncc(-c3ccc([C@H]4C=CN(C)CC4)cc3)c2C)cc(OC)c1OC. The summed E-state index contributed by atoms with van der Waals surface area (Å²) >= 11 is 0. The number of nitrogens with zero attached hydrogens (tertiary/aromatic N) is 2.